The summed E-state index contributed by atoms with van der Waals surface area (Å²) in [6.07, 6.45) is -1.77. The Labute approximate surface area is 235 Å². The van der Waals surface area contributed by atoms with Crippen molar-refractivity contribution in [2.24, 2.45) is 7.05 Å². The van der Waals surface area contributed by atoms with Crippen LogP contribution in [0, 0.1) is 11.3 Å². The van der Waals surface area contributed by atoms with Crippen molar-refractivity contribution in [3.8, 4) is 17.2 Å². The van der Waals surface area contributed by atoms with Crippen LogP contribution in [-0.4, -0.2) is 34.4 Å². The predicted octanol–water partition coefficient (Wildman–Crippen LogP) is 6.66. The van der Waals surface area contributed by atoms with Gasteiger partial charge in [-0.2, -0.15) is 18.4 Å². The molecule has 1 aliphatic heterocycles. The number of aromatic nitrogens is 1. The lowest BCUT2D eigenvalue weighted by atomic mass is 9.74. The van der Waals surface area contributed by atoms with E-state index in [0.717, 1.165) is 17.7 Å². The molecule has 9 heteroatoms. The highest BCUT2D eigenvalue weighted by atomic mass is 19.4. The first-order valence-electron chi connectivity index (χ1n) is 13.1. The number of likely N-dealkylation sites (tertiary alicyclic amines) is 1. The van der Waals surface area contributed by atoms with Crippen LogP contribution in [0.5, 0.6) is 0 Å². The number of hydrogen-bond donors (Lipinski definition) is 1. The monoisotopic (exact) mass is 556 g/mol. The van der Waals surface area contributed by atoms with Crippen LogP contribution in [0.25, 0.3) is 11.1 Å². The van der Waals surface area contributed by atoms with Crippen molar-refractivity contribution in [1.82, 2.24) is 9.47 Å². The first-order valence-corrected chi connectivity index (χ1v) is 13.1. The van der Waals surface area contributed by atoms with E-state index >= 15 is 0 Å². The number of carbonyl (C=O) groups excluding carboxylic acids is 2. The molecule has 4 aromatic rings. The second-order valence-corrected chi connectivity index (χ2v) is 10.2. The lowest BCUT2D eigenvalue weighted by molar-refractivity contribution is -0.137. The second-order valence-electron chi connectivity index (χ2n) is 10.2. The fraction of sp³-hybridized carbons (Fsp3) is 0.219. The van der Waals surface area contributed by atoms with E-state index in [0.29, 0.717) is 48.4 Å². The van der Waals surface area contributed by atoms with Crippen LogP contribution in [0.3, 0.4) is 0 Å². The van der Waals surface area contributed by atoms with Crippen molar-refractivity contribution in [3.05, 3.63) is 114 Å². The molecule has 0 unspecified atom stereocenters. The third-order valence-electron chi connectivity index (χ3n) is 7.62. The fourth-order valence-electron chi connectivity index (χ4n) is 5.29. The predicted molar refractivity (Wildman–Crippen MR) is 149 cm³/mol. The molecule has 208 valence electrons. The fourth-order valence-corrected chi connectivity index (χ4v) is 5.29. The number of alkyl halides is 3. The average molecular weight is 557 g/mol. The van der Waals surface area contributed by atoms with E-state index in [1.54, 1.807) is 53.0 Å². The average Bonchev–Trinajstić information content (AvgIpc) is 3.36. The molecule has 2 heterocycles. The number of hydrogen-bond acceptors (Lipinski definition) is 3. The Kier molecular flexibility index (Phi) is 7.41. The number of rotatable bonds is 5. The molecule has 0 aliphatic carbocycles. The Bertz CT molecular complexity index is 1610. The minimum absolute atomic E-state index is 0.197. The summed E-state index contributed by atoms with van der Waals surface area (Å²) in [6.45, 7) is 0.851. The third kappa shape index (κ3) is 5.59. The van der Waals surface area contributed by atoms with Gasteiger partial charge in [-0.3, -0.25) is 9.59 Å². The van der Waals surface area contributed by atoms with Gasteiger partial charge < -0.3 is 14.8 Å². The Hall–Kier alpha value is -4.84. The topological polar surface area (TPSA) is 78.1 Å². The second kappa shape index (κ2) is 11.0. The van der Waals surface area contributed by atoms with Crippen molar-refractivity contribution in [3.63, 3.8) is 0 Å². The van der Waals surface area contributed by atoms with E-state index in [1.165, 1.54) is 12.1 Å². The number of amides is 2. The molecule has 1 fully saturated rings. The number of nitrogens with zero attached hydrogens (tertiary/aromatic N) is 3. The van der Waals surface area contributed by atoms with Crippen LogP contribution in [0.2, 0.25) is 0 Å². The maximum Gasteiger partial charge on any atom is 0.416 e. The highest BCUT2D eigenvalue weighted by Crippen LogP contribution is 2.36. The number of nitrogens with one attached hydrogen (secondary N) is 1. The van der Waals surface area contributed by atoms with Gasteiger partial charge in [0.2, 0.25) is 0 Å². The number of piperidine rings is 1. The van der Waals surface area contributed by atoms with Crippen LogP contribution in [0.1, 0.15) is 44.8 Å². The molecule has 0 atom stereocenters. The summed E-state index contributed by atoms with van der Waals surface area (Å²) >= 11 is 0. The first kappa shape index (κ1) is 27.7. The van der Waals surface area contributed by atoms with E-state index < -0.39 is 23.1 Å². The lowest BCUT2D eigenvalue weighted by Crippen LogP contribution is -2.45. The van der Waals surface area contributed by atoms with Gasteiger partial charge in [0.25, 0.3) is 11.8 Å². The number of nitriles is 1. The van der Waals surface area contributed by atoms with Crippen molar-refractivity contribution >= 4 is 17.5 Å². The molecule has 1 N–H and O–H groups in total. The van der Waals surface area contributed by atoms with E-state index in [2.05, 4.69) is 11.4 Å². The molecule has 41 heavy (non-hydrogen) atoms. The van der Waals surface area contributed by atoms with Gasteiger partial charge in [0, 0.05) is 31.9 Å². The van der Waals surface area contributed by atoms with Gasteiger partial charge in [0.1, 0.15) is 5.69 Å². The Morgan fingerprint density at radius 3 is 2.20 bits per heavy atom. The van der Waals surface area contributed by atoms with Crippen LogP contribution < -0.4 is 5.32 Å². The summed E-state index contributed by atoms with van der Waals surface area (Å²) in [5.74, 6) is -0.650. The summed E-state index contributed by atoms with van der Waals surface area (Å²) in [7, 11) is 1.71. The zero-order valence-electron chi connectivity index (χ0n) is 22.3. The summed E-state index contributed by atoms with van der Waals surface area (Å²) in [5, 5.41) is 12.8. The van der Waals surface area contributed by atoms with E-state index in [1.807, 2.05) is 30.3 Å². The summed E-state index contributed by atoms with van der Waals surface area (Å²) in [6, 6.07) is 25.0. The van der Waals surface area contributed by atoms with Crippen LogP contribution >= 0.6 is 0 Å². The van der Waals surface area contributed by atoms with Gasteiger partial charge in [-0.05, 0) is 53.8 Å². The largest absolute Gasteiger partial charge is 0.416 e. The molecular weight excluding hydrogens is 529 g/mol. The maximum absolute atomic E-state index is 13.4. The van der Waals surface area contributed by atoms with Gasteiger partial charge in [0.05, 0.1) is 22.7 Å². The number of aryl methyl sites for hydroxylation is 1. The van der Waals surface area contributed by atoms with Crippen LogP contribution in [-0.2, 0) is 18.6 Å². The summed E-state index contributed by atoms with van der Waals surface area (Å²) < 4.78 is 40.6. The molecule has 1 aromatic heterocycles. The Morgan fingerprint density at radius 2 is 1.56 bits per heavy atom. The first-order chi connectivity index (χ1) is 19.6. The normalized spacial score (nSPS) is 14.8. The maximum atomic E-state index is 13.4. The molecule has 6 nitrogen and oxygen atoms in total. The van der Waals surface area contributed by atoms with Crippen molar-refractivity contribution in [1.29, 1.82) is 5.26 Å². The quantitative estimate of drug-likeness (QED) is 0.299. The van der Waals surface area contributed by atoms with Crippen LogP contribution in [0.15, 0.2) is 91.1 Å². The molecule has 0 spiro atoms. The zero-order chi connectivity index (χ0) is 29.2. The van der Waals surface area contributed by atoms with Gasteiger partial charge >= 0.3 is 6.18 Å². The van der Waals surface area contributed by atoms with E-state index in [4.69, 9.17) is 0 Å². The van der Waals surface area contributed by atoms with Gasteiger partial charge in [-0.15, -0.1) is 0 Å². The molecule has 0 radical (unpaired) electrons. The number of carbonyl (C=O) groups is 2. The molecule has 5 rings (SSSR count). The molecular formula is C32H27F3N4O2. The van der Waals surface area contributed by atoms with Crippen LogP contribution in [0.4, 0.5) is 18.9 Å². The molecule has 1 aliphatic rings. The minimum Gasteiger partial charge on any atom is -0.344 e. The summed E-state index contributed by atoms with van der Waals surface area (Å²) in [5.41, 5.74) is 1.60. The van der Waals surface area contributed by atoms with E-state index in [9.17, 15) is 28.0 Å². The number of halogens is 3. The SMILES string of the molecule is Cn1cc(NC(=O)c2ccccc2-c2ccc(C(F)(F)F)cc2)cc1C(=O)N1CCC(C#N)(c2ccccc2)CC1. The zero-order valence-corrected chi connectivity index (χ0v) is 22.3. The highest BCUT2D eigenvalue weighted by molar-refractivity contribution is 6.09. The number of anilines is 1. The summed E-state index contributed by atoms with van der Waals surface area (Å²) in [4.78, 5) is 28.4. The standard InChI is InChI=1S/C32H27F3N4O2/c1-38-20-25(19-28(38)30(41)39-17-15-31(21-36,16-18-39)23-7-3-2-4-8-23)37-29(40)27-10-6-5-9-26(27)22-11-13-24(14-12-22)32(33,34)35/h2-14,19-20H,15-18H2,1H3,(H,37,40). The Morgan fingerprint density at radius 1 is 0.927 bits per heavy atom. The molecule has 3 aromatic carbocycles. The van der Waals surface area contributed by atoms with Gasteiger partial charge in [-0.25, -0.2) is 0 Å². The third-order valence-corrected chi connectivity index (χ3v) is 7.62. The van der Waals surface area contributed by atoms with Crippen molar-refractivity contribution in [2.45, 2.75) is 24.4 Å². The minimum atomic E-state index is -4.45. The van der Waals surface area contributed by atoms with Crippen molar-refractivity contribution < 1.29 is 22.8 Å². The van der Waals surface area contributed by atoms with Gasteiger partial charge in [0.15, 0.2) is 0 Å². The Balaban J connectivity index is 1.30. The number of benzene rings is 3. The lowest BCUT2D eigenvalue weighted by Gasteiger charge is -2.37. The van der Waals surface area contributed by atoms with Gasteiger partial charge in [-0.1, -0.05) is 60.7 Å². The molecule has 0 bridgehead atoms. The molecule has 2 amide bonds. The smallest absolute Gasteiger partial charge is 0.344 e. The molecule has 1 saturated heterocycles. The molecule has 0 saturated carbocycles. The van der Waals surface area contributed by atoms with Crippen molar-refractivity contribution in [2.75, 3.05) is 18.4 Å². The highest BCUT2D eigenvalue weighted by Gasteiger charge is 2.38. The van der Waals surface area contributed by atoms with E-state index in [-0.39, 0.29) is 11.5 Å².